The summed E-state index contributed by atoms with van der Waals surface area (Å²) in [5.74, 6) is 1.57. The van der Waals surface area contributed by atoms with Gasteiger partial charge in [0.05, 0.1) is 5.69 Å². The zero-order valence-electron chi connectivity index (χ0n) is 16.1. The van der Waals surface area contributed by atoms with Crippen LogP contribution in [-0.2, 0) is 17.2 Å². The number of nitrogens with zero attached hydrogens (tertiary/aromatic N) is 3. The average molecular weight is 503 g/mol. The second-order valence-electron chi connectivity index (χ2n) is 6.75. The quantitative estimate of drug-likeness (QED) is 0.362. The Morgan fingerprint density at radius 2 is 2.26 bits per heavy atom. The lowest BCUT2D eigenvalue weighted by Gasteiger charge is -2.30. The van der Waals surface area contributed by atoms with Crippen LogP contribution in [0.3, 0.4) is 0 Å². The number of aromatic nitrogens is 2. The number of guanidine groups is 1. The average Bonchev–Trinajstić information content (AvgIpc) is 3.09. The Labute approximate surface area is 181 Å². The van der Waals surface area contributed by atoms with Crippen LogP contribution >= 0.6 is 24.0 Å². The molecule has 27 heavy (non-hydrogen) atoms. The Morgan fingerprint density at radius 1 is 1.41 bits per heavy atom. The third-order valence-electron chi connectivity index (χ3n) is 4.93. The third kappa shape index (κ3) is 6.17. The standard InChI is InChI=1S/C19H29N5OS.HI/c1-3-26(25)17-8-6-7-15(13-17)23-19(20-2)21-11-10-16-14-24-12-5-4-9-18(24)22-16;/h4-5,9,12,14-15,17H,3,6-8,10-11,13H2,1-2H3,(H2,20,21,23);1H. The maximum Gasteiger partial charge on any atom is 0.191 e. The maximum atomic E-state index is 12.1. The number of hydrogen-bond acceptors (Lipinski definition) is 3. The molecule has 1 fully saturated rings. The summed E-state index contributed by atoms with van der Waals surface area (Å²) < 4.78 is 14.1. The molecule has 0 aromatic carbocycles. The van der Waals surface area contributed by atoms with Gasteiger partial charge in [0.15, 0.2) is 5.96 Å². The molecule has 8 heteroatoms. The fourth-order valence-electron chi connectivity index (χ4n) is 3.56. The Bertz CT molecular complexity index is 745. The molecule has 2 N–H and O–H groups in total. The minimum Gasteiger partial charge on any atom is -0.356 e. The summed E-state index contributed by atoms with van der Waals surface area (Å²) in [4.78, 5) is 8.96. The van der Waals surface area contributed by atoms with Crippen molar-refractivity contribution in [3.05, 3.63) is 36.3 Å². The zero-order valence-corrected chi connectivity index (χ0v) is 19.2. The molecule has 3 atom stereocenters. The van der Waals surface area contributed by atoms with Crippen molar-refractivity contribution >= 4 is 46.4 Å². The molecule has 0 aliphatic heterocycles. The van der Waals surface area contributed by atoms with Crippen LogP contribution < -0.4 is 10.6 Å². The fourth-order valence-corrected chi connectivity index (χ4v) is 4.90. The van der Waals surface area contributed by atoms with E-state index in [0.29, 0.717) is 11.3 Å². The van der Waals surface area contributed by atoms with Crippen LogP contribution in [0.25, 0.3) is 5.65 Å². The summed E-state index contributed by atoms with van der Waals surface area (Å²) in [5.41, 5.74) is 2.04. The second kappa shape index (κ2) is 11.0. The molecule has 3 rings (SSSR count). The van der Waals surface area contributed by atoms with E-state index in [9.17, 15) is 4.21 Å². The van der Waals surface area contributed by atoms with E-state index in [1.165, 1.54) is 0 Å². The van der Waals surface area contributed by atoms with E-state index in [4.69, 9.17) is 0 Å². The van der Waals surface area contributed by atoms with E-state index in [2.05, 4.69) is 26.8 Å². The second-order valence-corrected chi connectivity index (χ2v) is 8.75. The van der Waals surface area contributed by atoms with Gasteiger partial charge in [0.2, 0.25) is 0 Å². The van der Waals surface area contributed by atoms with Crippen molar-refractivity contribution in [1.29, 1.82) is 0 Å². The SMILES string of the molecule is CCS(=O)C1CCCC(NC(=NC)NCCc2cn3ccccc3n2)C1.I. The van der Waals surface area contributed by atoms with Gasteiger partial charge in [-0.05, 0) is 31.4 Å². The first-order valence-electron chi connectivity index (χ1n) is 9.46. The first kappa shape index (κ1) is 22.1. The van der Waals surface area contributed by atoms with Gasteiger partial charge >= 0.3 is 0 Å². The third-order valence-corrected chi connectivity index (χ3v) is 6.68. The number of fused-ring (bicyclic) bond motifs is 1. The predicted molar refractivity (Wildman–Crippen MR) is 124 cm³/mol. The highest BCUT2D eigenvalue weighted by molar-refractivity contribution is 14.0. The molecular weight excluding hydrogens is 473 g/mol. The molecule has 0 saturated heterocycles. The van der Waals surface area contributed by atoms with Crippen molar-refractivity contribution in [2.45, 2.75) is 50.3 Å². The van der Waals surface area contributed by atoms with Crippen LogP contribution in [0.4, 0.5) is 0 Å². The van der Waals surface area contributed by atoms with E-state index in [-0.39, 0.29) is 24.0 Å². The van der Waals surface area contributed by atoms with Crippen LogP contribution in [0.15, 0.2) is 35.6 Å². The summed E-state index contributed by atoms with van der Waals surface area (Å²) in [6.45, 7) is 2.79. The van der Waals surface area contributed by atoms with Crippen LogP contribution in [-0.4, -0.2) is 50.2 Å². The molecule has 0 amide bonds. The van der Waals surface area contributed by atoms with Crippen molar-refractivity contribution in [3.63, 3.8) is 0 Å². The van der Waals surface area contributed by atoms with E-state index in [0.717, 1.165) is 61.7 Å². The highest BCUT2D eigenvalue weighted by Gasteiger charge is 2.25. The van der Waals surface area contributed by atoms with Crippen LogP contribution in [0.2, 0.25) is 0 Å². The van der Waals surface area contributed by atoms with Crippen molar-refractivity contribution in [2.24, 2.45) is 4.99 Å². The maximum absolute atomic E-state index is 12.1. The highest BCUT2D eigenvalue weighted by Crippen LogP contribution is 2.22. The smallest absolute Gasteiger partial charge is 0.191 e. The Hall–Kier alpha value is -1.16. The molecule has 1 aliphatic rings. The lowest BCUT2D eigenvalue weighted by Crippen LogP contribution is -2.47. The highest BCUT2D eigenvalue weighted by atomic mass is 127. The van der Waals surface area contributed by atoms with E-state index in [1.54, 1.807) is 7.05 Å². The zero-order chi connectivity index (χ0) is 18.4. The summed E-state index contributed by atoms with van der Waals surface area (Å²) in [6, 6.07) is 6.37. The summed E-state index contributed by atoms with van der Waals surface area (Å²) in [6.07, 6.45) is 9.22. The number of aliphatic imine (C=N–C) groups is 1. The van der Waals surface area contributed by atoms with E-state index < -0.39 is 10.8 Å². The predicted octanol–water partition coefficient (Wildman–Crippen LogP) is 2.74. The molecule has 0 spiro atoms. The molecular formula is C19H30IN5OS. The van der Waals surface area contributed by atoms with E-state index >= 15 is 0 Å². The van der Waals surface area contributed by atoms with Crippen molar-refractivity contribution in [1.82, 2.24) is 20.0 Å². The minimum absolute atomic E-state index is 0. The first-order valence-corrected chi connectivity index (χ1v) is 10.8. The molecule has 1 saturated carbocycles. The van der Waals surface area contributed by atoms with Gasteiger partial charge in [0.25, 0.3) is 0 Å². The van der Waals surface area contributed by atoms with Crippen LogP contribution in [0, 0.1) is 0 Å². The van der Waals surface area contributed by atoms with Crippen molar-refractivity contribution < 1.29 is 4.21 Å². The molecule has 1 aliphatic carbocycles. The molecule has 0 bridgehead atoms. The Morgan fingerprint density at radius 3 is 3.00 bits per heavy atom. The van der Waals surface area contributed by atoms with Crippen molar-refractivity contribution in [3.8, 4) is 0 Å². The molecule has 2 heterocycles. The van der Waals surface area contributed by atoms with Crippen molar-refractivity contribution in [2.75, 3.05) is 19.3 Å². The van der Waals surface area contributed by atoms with Gasteiger partial charge in [-0.3, -0.25) is 9.20 Å². The lowest BCUT2D eigenvalue weighted by atomic mass is 9.95. The fraction of sp³-hybridized carbons (Fsp3) is 0.579. The number of halogens is 1. The van der Waals surface area contributed by atoms with Crippen LogP contribution in [0.5, 0.6) is 0 Å². The number of imidazole rings is 1. The summed E-state index contributed by atoms with van der Waals surface area (Å²) >= 11 is 0. The van der Waals surface area contributed by atoms with Gasteiger partial charge < -0.3 is 15.0 Å². The minimum atomic E-state index is -0.700. The topological polar surface area (TPSA) is 70.8 Å². The normalized spacial score (nSPS) is 21.5. The first-order chi connectivity index (χ1) is 12.7. The molecule has 2 aromatic rings. The molecule has 0 radical (unpaired) electrons. The van der Waals surface area contributed by atoms with Gasteiger partial charge in [0.1, 0.15) is 5.65 Å². The number of hydrogen-bond donors (Lipinski definition) is 2. The summed E-state index contributed by atoms with van der Waals surface area (Å²) in [5, 5.41) is 7.21. The molecule has 6 nitrogen and oxygen atoms in total. The monoisotopic (exact) mass is 503 g/mol. The lowest BCUT2D eigenvalue weighted by molar-refractivity contribution is 0.413. The molecule has 150 valence electrons. The van der Waals surface area contributed by atoms with E-state index in [1.807, 2.05) is 35.7 Å². The molecule has 3 unspecified atom stereocenters. The summed E-state index contributed by atoms with van der Waals surface area (Å²) in [7, 11) is 1.10. The number of pyridine rings is 1. The van der Waals surface area contributed by atoms with Gasteiger partial charge in [0, 0.05) is 60.3 Å². The van der Waals surface area contributed by atoms with Crippen LogP contribution in [0.1, 0.15) is 38.3 Å². The largest absolute Gasteiger partial charge is 0.356 e. The molecule has 2 aromatic heterocycles. The number of nitrogens with one attached hydrogen (secondary N) is 2. The van der Waals surface area contributed by atoms with Gasteiger partial charge in [-0.2, -0.15) is 0 Å². The van der Waals surface area contributed by atoms with Gasteiger partial charge in [-0.15, -0.1) is 24.0 Å². The van der Waals surface area contributed by atoms with Gasteiger partial charge in [-0.1, -0.05) is 19.4 Å². The Kier molecular flexibility index (Phi) is 9.01. The van der Waals surface area contributed by atoms with Gasteiger partial charge in [-0.25, -0.2) is 4.98 Å². The Balaban J connectivity index is 0.00000261. The number of rotatable bonds is 6.